The zero-order valence-corrected chi connectivity index (χ0v) is 22.1. The van der Waals surface area contributed by atoms with E-state index in [-0.39, 0.29) is 28.8 Å². The van der Waals surface area contributed by atoms with E-state index < -0.39 is 23.0 Å². The largest absolute Gasteiger partial charge is 0.573 e. The number of hydrogen-bond acceptors (Lipinski definition) is 6. The SMILES string of the molecule is CNCc1cn(S(=O)(=O)c2cccc(OC(F)F)c2)c2cc(Nc3ccc(OC(F)(F)F)cc3C)ccc12.Cl. The van der Waals surface area contributed by atoms with Crippen LogP contribution in [-0.4, -0.2) is 32.4 Å². The minimum Gasteiger partial charge on any atom is -0.435 e. The molecule has 2 N–H and O–H groups in total. The van der Waals surface area contributed by atoms with Gasteiger partial charge in [0.1, 0.15) is 11.5 Å². The summed E-state index contributed by atoms with van der Waals surface area (Å²) >= 11 is 0. The van der Waals surface area contributed by atoms with Crippen LogP contribution in [0.15, 0.2) is 71.8 Å². The number of fused-ring (bicyclic) bond motifs is 1. The van der Waals surface area contributed by atoms with Crippen molar-refractivity contribution in [3.63, 3.8) is 0 Å². The maximum absolute atomic E-state index is 13.6. The van der Waals surface area contributed by atoms with Gasteiger partial charge >= 0.3 is 13.0 Å². The molecule has 0 bridgehead atoms. The molecule has 0 aliphatic heterocycles. The first-order valence-electron chi connectivity index (χ1n) is 11.1. The van der Waals surface area contributed by atoms with E-state index in [0.717, 1.165) is 16.1 Å². The summed E-state index contributed by atoms with van der Waals surface area (Å²) in [5, 5.41) is 6.68. The molecule has 0 aliphatic carbocycles. The molecule has 210 valence electrons. The van der Waals surface area contributed by atoms with Gasteiger partial charge in [0.05, 0.1) is 10.4 Å². The summed E-state index contributed by atoms with van der Waals surface area (Å²) in [6.07, 6.45) is -3.38. The lowest BCUT2D eigenvalue weighted by atomic mass is 10.1. The third-order valence-corrected chi connectivity index (χ3v) is 7.19. The summed E-state index contributed by atoms with van der Waals surface area (Å²) in [5.41, 5.74) is 2.37. The molecule has 0 amide bonds. The highest BCUT2D eigenvalue weighted by Crippen LogP contribution is 2.33. The van der Waals surface area contributed by atoms with Gasteiger partial charge in [-0.2, -0.15) is 8.78 Å². The van der Waals surface area contributed by atoms with E-state index >= 15 is 0 Å². The molecule has 0 saturated heterocycles. The third-order valence-electron chi connectivity index (χ3n) is 5.52. The van der Waals surface area contributed by atoms with Crippen LogP contribution in [0.1, 0.15) is 11.1 Å². The number of aromatic nitrogens is 1. The standard InChI is InChI=1S/C25H22F5N3O4S.ClH/c1-15-10-19(37-25(28,29)30)7-9-22(15)32-17-6-8-21-16(13-31-2)14-33(23(21)11-17)38(34,35)20-5-3-4-18(12-20)36-24(26)27;/h3-12,14,24,31-32H,13H2,1-2H3;1H. The highest BCUT2D eigenvalue weighted by Gasteiger charge is 2.31. The summed E-state index contributed by atoms with van der Waals surface area (Å²) in [6, 6.07) is 13.6. The lowest BCUT2D eigenvalue weighted by molar-refractivity contribution is -0.274. The predicted octanol–water partition coefficient (Wildman–Crippen LogP) is 6.57. The predicted molar refractivity (Wildman–Crippen MR) is 139 cm³/mol. The average molecular weight is 592 g/mol. The van der Waals surface area contributed by atoms with E-state index in [4.69, 9.17) is 0 Å². The first kappa shape index (κ1) is 30.0. The van der Waals surface area contributed by atoms with Crippen molar-refractivity contribution in [2.45, 2.75) is 31.3 Å². The van der Waals surface area contributed by atoms with E-state index in [1.807, 2.05) is 0 Å². The van der Waals surface area contributed by atoms with E-state index in [9.17, 15) is 30.4 Å². The monoisotopic (exact) mass is 591 g/mol. The summed E-state index contributed by atoms with van der Waals surface area (Å²) < 4.78 is 99.4. The number of nitrogens with zero attached hydrogens (tertiary/aromatic N) is 1. The average Bonchev–Trinajstić information content (AvgIpc) is 3.18. The molecule has 0 atom stereocenters. The molecular formula is C25H23ClF5N3O4S. The molecule has 0 unspecified atom stereocenters. The summed E-state index contributed by atoms with van der Waals surface area (Å²) in [4.78, 5) is -0.252. The summed E-state index contributed by atoms with van der Waals surface area (Å²) in [6.45, 7) is -1.18. The molecule has 7 nitrogen and oxygen atoms in total. The van der Waals surface area contributed by atoms with Gasteiger partial charge in [0.25, 0.3) is 10.0 Å². The van der Waals surface area contributed by atoms with Crippen LogP contribution in [-0.2, 0) is 16.6 Å². The topological polar surface area (TPSA) is 81.6 Å². The summed E-state index contributed by atoms with van der Waals surface area (Å²) in [5.74, 6) is -0.672. The van der Waals surface area contributed by atoms with Crippen LogP contribution >= 0.6 is 12.4 Å². The van der Waals surface area contributed by atoms with Gasteiger partial charge in [-0.25, -0.2) is 12.4 Å². The molecule has 0 fully saturated rings. The molecule has 4 aromatic rings. The van der Waals surface area contributed by atoms with Gasteiger partial charge < -0.3 is 20.1 Å². The van der Waals surface area contributed by atoms with Gasteiger partial charge in [0.2, 0.25) is 0 Å². The van der Waals surface area contributed by atoms with Crippen molar-refractivity contribution in [1.82, 2.24) is 9.29 Å². The number of alkyl halides is 5. The van der Waals surface area contributed by atoms with Gasteiger partial charge in [0.15, 0.2) is 0 Å². The van der Waals surface area contributed by atoms with Crippen LogP contribution in [0, 0.1) is 6.92 Å². The van der Waals surface area contributed by atoms with Crippen molar-refractivity contribution >= 4 is 44.7 Å². The fraction of sp³-hybridized carbons (Fsp3) is 0.200. The van der Waals surface area contributed by atoms with Gasteiger partial charge in [-0.05, 0) is 67.6 Å². The van der Waals surface area contributed by atoms with Crippen molar-refractivity contribution in [1.29, 1.82) is 0 Å². The van der Waals surface area contributed by atoms with Crippen molar-refractivity contribution in [3.05, 3.63) is 78.0 Å². The Hall–Kier alpha value is -3.55. The fourth-order valence-corrected chi connectivity index (χ4v) is 5.35. The molecule has 3 aromatic carbocycles. The number of halogens is 6. The molecule has 14 heteroatoms. The Morgan fingerprint density at radius 2 is 1.74 bits per heavy atom. The van der Waals surface area contributed by atoms with Gasteiger partial charge in [-0.15, -0.1) is 25.6 Å². The van der Waals surface area contributed by atoms with Gasteiger partial charge in [-0.3, -0.25) is 0 Å². The molecule has 0 aliphatic rings. The smallest absolute Gasteiger partial charge is 0.435 e. The van der Waals surface area contributed by atoms with Crippen LogP contribution < -0.4 is 20.1 Å². The van der Waals surface area contributed by atoms with Crippen molar-refractivity contribution in [3.8, 4) is 11.5 Å². The molecule has 0 spiro atoms. The van der Waals surface area contributed by atoms with Crippen LogP contribution in [0.5, 0.6) is 11.5 Å². The maximum Gasteiger partial charge on any atom is 0.573 e. The molecular weight excluding hydrogens is 569 g/mol. The van der Waals surface area contributed by atoms with E-state index in [0.29, 0.717) is 39.9 Å². The second-order valence-electron chi connectivity index (χ2n) is 8.22. The highest BCUT2D eigenvalue weighted by atomic mass is 35.5. The third kappa shape index (κ3) is 6.91. The van der Waals surface area contributed by atoms with Crippen LogP contribution in [0.3, 0.4) is 0 Å². The highest BCUT2D eigenvalue weighted by molar-refractivity contribution is 7.90. The lowest BCUT2D eigenvalue weighted by Gasteiger charge is -2.14. The Bertz CT molecular complexity index is 1580. The Kier molecular flexibility index (Phi) is 8.98. The fourth-order valence-electron chi connectivity index (χ4n) is 3.93. The molecule has 0 radical (unpaired) electrons. The first-order chi connectivity index (χ1) is 17.9. The zero-order valence-electron chi connectivity index (χ0n) is 20.4. The number of benzene rings is 3. The van der Waals surface area contributed by atoms with Gasteiger partial charge in [-0.1, -0.05) is 12.1 Å². The first-order valence-corrected chi connectivity index (χ1v) is 12.5. The second-order valence-corrected chi connectivity index (χ2v) is 10.0. The lowest BCUT2D eigenvalue weighted by Crippen LogP contribution is -2.17. The summed E-state index contributed by atoms with van der Waals surface area (Å²) in [7, 11) is -2.53. The van der Waals surface area contributed by atoms with E-state index in [1.165, 1.54) is 36.5 Å². The Morgan fingerprint density at radius 1 is 1.00 bits per heavy atom. The minimum atomic E-state index is -4.82. The second kappa shape index (κ2) is 11.7. The van der Waals surface area contributed by atoms with Crippen molar-refractivity contribution in [2.75, 3.05) is 12.4 Å². The number of rotatable bonds is 9. The molecule has 39 heavy (non-hydrogen) atoms. The number of ether oxygens (including phenoxy) is 2. The Morgan fingerprint density at radius 3 is 2.38 bits per heavy atom. The van der Waals surface area contributed by atoms with E-state index in [1.54, 1.807) is 32.2 Å². The number of hydrogen-bond donors (Lipinski definition) is 2. The molecule has 0 saturated carbocycles. The van der Waals surface area contributed by atoms with Crippen molar-refractivity contribution < 1.29 is 39.8 Å². The number of anilines is 2. The van der Waals surface area contributed by atoms with Crippen molar-refractivity contribution in [2.24, 2.45) is 0 Å². The molecule has 1 heterocycles. The minimum absolute atomic E-state index is 0. The van der Waals surface area contributed by atoms with Crippen LogP contribution in [0.25, 0.3) is 10.9 Å². The maximum atomic E-state index is 13.6. The number of aryl methyl sites for hydroxylation is 1. The Balaban J connectivity index is 0.00000420. The molecule has 4 rings (SSSR count). The quantitative estimate of drug-likeness (QED) is 0.214. The van der Waals surface area contributed by atoms with Crippen LogP contribution in [0.4, 0.5) is 33.3 Å². The van der Waals surface area contributed by atoms with Gasteiger partial charge in [0, 0.05) is 35.6 Å². The zero-order chi connectivity index (χ0) is 27.7. The molecule has 1 aromatic heterocycles. The number of nitrogens with one attached hydrogen (secondary N) is 2. The normalized spacial score (nSPS) is 11.9. The Labute approximate surface area is 227 Å². The van der Waals surface area contributed by atoms with Crippen LogP contribution in [0.2, 0.25) is 0 Å². The van der Waals surface area contributed by atoms with E-state index in [2.05, 4.69) is 20.1 Å².